The Labute approximate surface area is 131 Å². The summed E-state index contributed by atoms with van der Waals surface area (Å²) in [7, 11) is 0. The molecule has 2 aromatic rings. The molecule has 2 rings (SSSR count). The van der Waals surface area contributed by atoms with Crippen molar-refractivity contribution in [3.05, 3.63) is 56.2 Å². The summed E-state index contributed by atoms with van der Waals surface area (Å²) in [6, 6.07) is 7.32. The maximum Gasteiger partial charge on any atom is 0.290 e. The lowest BCUT2D eigenvalue weighted by molar-refractivity contribution is -0.385. The number of aromatic nitrogens is 1. The van der Waals surface area contributed by atoms with Gasteiger partial charge >= 0.3 is 0 Å². The second kappa shape index (κ2) is 6.22. The van der Waals surface area contributed by atoms with E-state index >= 15 is 0 Å². The number of nitrogens with zero attached hydrogens (tertiary/aromatic N) is 2. The third-order valence-electron chi connectivity index (χ3n) is 3.06. The average molecular weight is 351 g/mol. The van der Waals surface area contributed by atoms with Gasteiger partial charge in [-0.1, -0.05) is 29.8 Å². The highest BCUT2D eigenvalue weighted by Gasteiger charge is 2.14. The van der Waals surface area contributed by atoms with Gasteiger partial charge in [-0.25, -0.2) is 4.98 Å². The third-order valence-corrected chi connectivity index (χ3v) is 3.56. The predicted octanol–water partition coefficient (Wildman–Crippen LogP) is 4.98. The molecule has 21 heavy (non-hydrogen) atoms. The summed E-state index contributed by atoms with van der Waals surface area (Å²) in [5, 5.41) is 10.8. The first-order valence-corrected chi connectivity index (χ1v) is 7.26. The third kappa shape index (κ3) is 3.58. The second-order valence-electron chi connectivity index (χ2n) is 5.01. The highest BCUT2D eigenvalue weighted by Crippen LogP contribution is 2.33. The van der Waals surface area contributed by atoms with E-state index in [1.54, 1.807) is 13.0 Å². The van der Waals surface area contributed by atoms with Gasteiger partial charge in [-0.3, -0.25) is 10.1 Å². The molecule has 0 aliphatic rings. The zero-order valence-electron chi connectivity index (χ0n) is 12.0. The summed E-state index contributed by atoms with van der Waals surface area (Å²) >= 11 is 3.44. The van der Waals surface area contributed by atoms with Gasteiger partial charge in [-0.15, -0.1) is 0 Å². The molecule has 1 aromatic carbocycles. The van der Waals surface area contributed by atoms with Crippen molar-refractivity contribution in [2.75, 3.05) is 0 Å². The molecule has 0 aliphatic carbocycles. The number of benzene rings is 1. The number of nitro groups is 1. The summed E-state index contributed by atoms with van der Waals surface area (Å²) in [4.78, 5) is 14.3. The standard InChI is InChI=1S/C15H15BrN2O3/c1-9(2)12-7-11(16)4-5-14(12)21-15-6-10(3)13(8-17-15)18(19)20/h4-9H,1-3H3. The van der Waals surface area contributed by atoms with E-state index in [1.165, 1.54) is 6.20 Å². The van der Waals surface area contributed by atoms with E-state index in [9.17, 15) is 10.1 Å². The van der Waals surface area contributed by atoms with Crippen molar-refractivity contribution in [3.8, 4) is 11.6 Å². The monoisotopic (exact) mass is 350 g/mol. The normalized spacial score (nSPS) is 10.7. The van der Waals surface area contributed by atoms with Crippen molar-refractivity contribution >= 4 is 21.6 Å². The number of hydrogen-bond acceptors (Lipinski definition) is 4. The summed E-state index contributed by atoms with van der Waals surface area (Å²) < 4.78 is 6.76. The zero-order valence-corrected chi connectivity index (χ0v) is 13.5. The average Bonchev–Trinajstić information content (AvgIpc) is 2.40. The molecular formula is C15H15BrN2O3. The van der Waals surface area contributed by atoms with E-state index in [4.69, 9.17) is 4.74 Å². The van der Waals surface area contributed by atoms with E-state index in [-0.39, 0.29) is 11.6 Å². The van der Waals surface area contributed by atoms with E-state index < -0.39 is 4.92 Å². The van der Waals surface area contributed by atoms with Crippen molar-refractivity contribution in [2.24, 2.45) is 0 Å². The number of ether oxygens (including phenoxy) is 1. The molecule has 0 saturated heterocycles. The smallest absolute Gasteiger partial charge is 0.290 e. The van der Waals surface area contributed by atoms with Gasteiger partial charge in [0.2, 0.25) is 5.88 Å². The maximum atomic E-state index is 10.8. The topological polar surface area (TPSA) is 65.3 Å². The molecule has 6 heteroatoms. The van der Waals surface area contributed by atoms with Crippen LogP contribution in [0.3, 0.4) is 0 Å². The minimum atomic E-state index is -0.453. The summed E-state index contributed by atoms with van der Waals surface area (Å²) in [6.07, 6.45) is 1.22. The molecule has 5 nitrogen and oxygen atoms in total. The van der Waals surface area contributed by atoms with Gasteiger partial charge in [-0.05, 0) is 36.6 Å². The molecule has 1 aromatic heterocycles. The predicted molar refractivity (Wildman–Crippen MR) is 83.9 cm³/mol. The molecule has 0 saturated carbocycles. The number of hydrogen-bond donors (Lipinski definition) is 0. The van der Waals surface area contributed by atoms with Crippen molar-refractivity contribution in [3.63, 3.8) is 0 Å². The number of aryl methyl sites for hydroxylation is 1. The van der Waals surface area contributed by atoms with Crippen LogP contribution in [-0.2, 0) is 0 Å². The van der Waals surface area contributed by atoms with E-state index in [2.05, 4.69) is 34.8 Å². The summed E-state index contributed by atoms with van der Waals surface area (Å²) in [5.41, 5.74) is 1.55. The van der Waals surface area contributed by atoms with Crippen LogP contribution in [0.2, 0.25) is 0 Å². The van der Waals surface area contributed by atoms with E-state index in [1.807, 2.05) is 18.2 Å². The summed E-state index contributed by atoms with van der Waals surface area (Å²) in [5.74, 6) is 1.34. The van der Waals surface area contributed by atoms with E-state index in [0.29, 0.717) is 17.2 Å². The molecule has 0 amide bonds. The molecule has 0 unspecified atom stereocenters. The molecule has 0 radical (unpaired) electrons. The lowest BCUT2D eigenvalue weighted by Gasteiger charge is -2.13. The lowest BCUT2D eigenvalue weighted by Crippen LogP contribution is -1.98. The molecule has 110 valence electrons. The molecule has 0 spiro atoms. The Hall–Kier alpha value is -1.95. The molecule has 0 bridgehead atoms. The van der Waals surface area contributed by atoms with Crippen LogP contribution < -0.4 is 4.74 Å². The van der Waals surface area contributed by atoms with Crippen LogP contribution >= 0.6 is 15.9 Å². The van der Waals surface area contributed by atoms with Crippen LogP contribution in [0.4, 0.5) is 5.69 Å². The van der Waals surface area contributed by atoms with Gasteiger partial charge in [0.25, 0.3) is 5.69 Å². The molecule has 1 heterocycles. The maximum absolute atomic E-state index is 10.8. The minimum absolute atomic E-state index is 0.0118. The van der Waals surface area contributed by atoms with E-state index in [0.717, 1.165) is 10.0 Å². The Bertz CT molecular complexity index is 687. The number of pyridine rings is 1. The van der Waals surface area contributed by atoms with Crippen LogP contribution in [0, 0.1) is 17.0 Å². The Kier molecular flexibility index (Phi) is 4.57. The molecule has 0 fully saturated rings. The van der Waals surface area contributed by atoms with Crippen molar-refractivity contribution < 1.29 is 9.66 Å². The fraction of sp³-hybridized carbons (Fsp3) is 0.267. The van der Waals surface area contributed by atoms with Crippen LogP contribution in [0.15, 0.2) is 34.9 Å². The first kappa shape index (κ1) is 15.4. The fourth-order valence-corrected chi connectivity index (χ4v) is 2.32. The van der Waals surface area contributed by atoms with Crippen LogP contribution in [-0.4, -0.2) is 9.91 Å². The van der Waals surface area contributed by atoms with Gasteiger partial charge in [0, 0.05) is 16.1 Å². The molecule has 0 N–H and O–H groups in total. The quantitative estimate of drug-likeness (QED) is 0.576. The van der Waals surface area contributed by atoms with Crippen LogP contribution in [0.25, 0.3) is 0 Å². The zero-order chi connectivity index (χ0) is 15.6. The Morgan fingerprint density at radius 3 is 2.62 bits per heavy atom. The molecule has 0 aliphatic heterocycles. The highest BCUT2D eigenvalue weighted by molar-refractivity contribution is 9.10. The Morgan fingerprint density at radius 2 is 2.05 bits per heavy atom. The SMILES string of the molecule is Cc1cc(Oc2ccc(Br)cc2C(C)C)ncc1[N+](=O)[O-]. The van der Waals surface area contributed by atoms with Gasteiger partial charge in [-0.2, -0.15) is 0 Å². The lowest BCUT2D eigenvalue weighted by atomic mass is 10.0. The number of halogens is 1. The molecular weight excluding hydrogens is 336 g/mol. The second-order valence-corrected chi connectivity index (χ2v) is 5.92. The largest absolute Gasteiger partial charge is 0.439 e. The van der Waals surface area contributed by atoms with Gasteiger partial charge in [0.15, 0.2) is 0 Å². The van der Waals surface area contributed by atoms with Crippen molar-refractivity contribution in [1.29, 1.82) is 0 Å². The minimum Gasteiger partial charge on any atom is -0.439 e. The van der Waals surface area contributed by atoms with Crippen LogP contribution in [0.1, 0.15) is 30.9 Å². The van der Waals surface area contributed by atoms with Crippen molar-refractivity contribution in [2.45, 2.75) is 26.7 Å². The first-order chi connectivity index (χ1) is 9.88. The first-order valence-electron chi connectivity index (χ1n) is 6.47. The van der Waals surface area contributed by atoms with Gasteiger partial charge in [0.05, 0.1) is 4.92 Å². The van der Waals surface area contributed by atoms with Crippen LogP contribution in [0.5, 0.6) is 11.6 Å². The Balaban J connectivity index is 2.34. The van der Waals surface area contributed by atoms with Gasteiger partial charge < -0.3 is 4.74 Å². The van der Waals surface area contributed by atoms with Crippen molar-refractivity contribution in [1.82, 2.24) is 4.98 Å². The summed E-state index contributed by atoms with van der Waals surface area (Å²) in [6.45, 7) is 5.81. The fourth-order valence-electron chi connectivity index (χ4n) is 1.95. The van der Waals surface area contributed by atoms with Gasteiger partial charge in [0.1, 0.15) is 11.9 Å². The number of rotatable bonds is 4. The molecule has 0 atom stereocenters. The Morgan fingerprint density at radius 1 is 1.33 bits per heavy atom. The highest BCUT2D eigenvalue weighted by atomic mass is 79.9.